The minimum Gasteiger partial charge on any atom is -0.321 e. The molecule has 1 aromatic heterocycles. The van der Waals surface area contributed by atoms with Gasteiger partial charge in [-0.2, -0.15) is 0 Å². The van der Waals surface area contributed by atoms with E-state index >= 15 is 0 Å². The average Bonchev–Trinajstić information content (AvgIpc) is 2.75. The molecule has 1 N–H and O–H groups in total. The molecular weight excluding hydrogens is 311 g/mol. The maximum absolute atomic E-state index is 13.0. The molecule has 0 aliphatic heterocycles. The SMILES string of the molecule is CC(NCCc1nncn1C)c1ccc(F)cc1Br. The zero-order valence-electron chi connectivity index (χ0n) is 10.9. The second-order valence-electron chi connectivity index (χ2n) is 4.45. The van der Waals surface area contributed by atoms with Crippen LogP contribution in [0.1, 0.15) is 24.4 Å². The zero-order chi connectivity index (χ0) is 13.8. The number of nitrogens with one attached hydrogen (secondary N) is 1. The molecule has 0 spiro atoms. The standard InChI is InChI=1S/C13H16BrFN4/c1-9(11-4-3-10(15)7-12(11)14)16-6-5-13-18-17-8-19(13)2/h3-4,7-9,16H,5-6H2,1-2H3. The van der Waals surface area contributed by atoms with E-state index in [2.05, 4.69) is 38.4 Å². The first kappa shape index (κ1) is 14.1. The highest BCUT2D eigenvalue weighted by molar-refractivity contribution is 9.10. The van der Waals surface area contributed by atoms with Crippen molar-refractivity contribution >= 4 is 15.9 Å². The summed E-state index contributed by atoms with van der Waals surface area (Å²) in [7, 11) is 1.93. The highest BCUT2D eigenvalue weighted by Gasteiger charge is 2.10. The van der Waals surface area contributed by atoms with Crippen LogP contribution in [0, 0.1) is 5.82 Å². The number of nitrogens with zero attached hydrogens (tertiary/aromatic N) is 3. The van der Waals surface area contributed by atoms with E-state index in [4.69, 9.17) is 0 Å². The van der Waals surface area contributed by atoms with Gasteiger partial charge < -0.3 is 9.88 Å². The van der Waals surface area contributed by atoms with Crippen LogP contribution in [0.3, 0.4) is 0 Å². The van der Waals surface area contributed by atoms with E-state index in [9.17, 15) is 4.39 Å². The number of aryl methyl sites for hydroxylation is 1. The predicted molar refractivity (Wildman–Crippen MR) is 75.2 cm³/mol. The monoisotopic (exact) mass is 326 g/mol. The number of hydrogen-bond donors (Lipinski definition) is 1. The Bertz CT molecular complexity index is 555. The van der Waals surface area contributed by atoms with Crippen LogP contribution in [0.5, 0.6) is 0 Å². The minimum absolute atomic E-state index is 0.142. The third-order valence-corrected chi connectivity index (χ3v) is 3.72. The summed E-state index contributed by atoms with van der Waals surface area (Å²) in [5.74, 6) is 0.708. The van der Waals surface area contributed by atoms with Crippen molar-refractivity contribution in [2.24, 2.45) is 7.05 Å². The van der Waals surface area contributed by atoms with Gasteiger partial charge in [-0.05, 0) is 24.6 Å². The Hall–Kier alpha value is -1.27. The van der Waals surface area contributed by atoms with Crippen molar-refractivity contribution in [2.45, 2.75) is 19.4 Å². The van der Waals surface area contributed by atoms with Gasteiger partial charge in [-0.15, -0.1) is 10.2 Å². The fourth-order valence-electron chi connectivity index (χ4n) is 1.90. The first-order valence-electron chi connectivity index (χ1n) is 6.09. The van der Waals surface area contributed by atoms with Gasteiger partial charge in [0.15, 0.2) is 0 Å². The molecule has 1 aromatic carbocycles. The molecule has 2 aromatic rings. The lowest BCUT2D eigenvalue weighted by atomic mass is 10.1. The first-order valence-corrected chi connectivity index (χ1v) is 6.88. The van der Waals surface area contributed by atoms with Gasteiger partial charge in [0.1, 0.15) is 18.0 Å². The lowest BCUT2D eigenvalue weighted by molar-refractivity contribution is 0.560. The predicted octanol–water partition coefficient (Wildman–Crippen LogP) is 2.61. The molecular formula is C13H16BrFN4. The number of hydrogen-bond acceptors (Lipinski definition) is 3. The van der Waals surface area contributed by atoms with Crippen molar-refractivity contribution in [3.63, 3.8) is 0 Å². The van der Waals surface area contributed by atoms with Crippen molar-refractivity contribution in [3.05, 3.63) is 46.2 Å². The van der Waals surface area contributed by atoms with Crippen molar-refractivity contribution in [1.82, 2.24) is 20.1 Å². The Morgan fingerprint density at radius 3 is 2.89 bits per heavy atom. The van der Waals surface area contributed by atoms with Gasteiger partial charge in [0.25, 0.3) is 0 Å². The van der Waals surface area contributed by atoms with E-state index in [1.807, 2.05) is 11.6 Å². The summed E-state index contributed by atoms with van der Waals surface area (Å²) >= 11 is 3.38. The number of halogens is 2. The van der Waals surface area contributed by atoms with Gasteiger partial charge in [-0.3, -0.25) is 0 Å². The fourth-order valence-corrected chi connectivity index (χ4v) is 2.59. The van der Waals surface area contributed by atoms with Crippen molar-refractivity contribution in [2.75, 3.05) is 6.54 Å². The Balaban J connectivity index is 1.91. The largest absolute Gasteiger partial charge is 0.321 e. The smallest absolute Gasteiger partial charge is 0.133 e. The lowest BCUT2D eigenvalue weighted by Crippen LogP contribution is -2.22. The molecule has 0 saturated heterocycles. The molecule has 6 heteroatoms. The van der Waals surface area contributed by atoms with Crippen LogP contribution in [0.4, 0.5) is 4.39 Å². The number of rotatable bonds is 5. The normalized spacial score (nSPS) is 12.6. The van der Waals surface area contributed by atoms with Crippen LogP contribution in [0.2, 0.25) is 0 Å². The van der Waals surface area contributed by atoms with E-state index in [1.54, 1.807) is 12.4 Å². The maximum atomic E-state index is 13.0. The third-order valence-electron chi connectivity index (χ3n) is 3.03. The maximum Gasteiger partial charge on any atom is 0.133 e. The molecule has 0 fully saturated rings. The quantitative estimate of drug-likeness (QED) is 0.918. The van der Waals surface area contributed by atoms with Crippen molar-refractivity contribution < 1.29 is 4.39 Å². The first-order chi connectivity index (χ1) is 9.08. The molecule has 1 heterocycles. The van der Waals surface area contributed by atoms with Crippen LogP contribution < -0.4 is 5.32 Å². The molecule has 102 valence electrons. The molecule has 0 amide bonds. The van der Waals surface area contributed by atoms with Crippen LogP contribution in [0.15, 0.2) is 29.0 Å². The van der Waals surface area contributed by atoms with E-state index < -0.39 is 0 Å². The second-order valence-corrected chi connectivity index (χ2v) is 5.30. The Morgan fingerprint density at radius 2 is 2.26 bits per heavy atom. The highest BCUT2D eigenvalue weighted by atomic mass is 79.9. The molecule has 0 aliphatic carbocycles. The summed E-state index contributed by atoms with van der Waals surface area (Å²) in [6.45, 7) is 2.84. The topological polar surface area (TPSA) is 42.7 Å². The van der Waals surface area contributed by atoms with Crippen LogP contribution in [-0.2, 0) is 13.5 Å². The number of benzene rings is 1. The van der Waals surface area contributed by atoms with E-state index in [1.165, 1.54) is 12.1 Å². The number of aromatic nitrogens is 3. The third kappa shape index (κ3) is 3.61. The molecule has 0 radical (unpaired) electrons. The molecule has 0 saturated carbocycles. The molecule has 19 heavy (non-hydrogen) atoms. The Kier molecular flexibility index (Phi) is 4.66. The summed E-state index contributed by atoms with van der Waals surface area (Å²) in [4.78, 5) is 0. The summed E-state index contributed by atoms with van der Waals surface area (Å²) in [6, 6.07) is 4.89. The van der Waals surface area contributed by atoms with Crippen molar-refractivity contribution in [1.29, 1.82) is 0 Å². The zero-order valence-corrected chi connectivity index (χ0v) is 12.5. The molecule has 4 nitrogen and oxygen atoms in total. The molecule has 1 atom stereocenters. The molecule has 0 bridgehead atoms. The second kappa shape index (κ2) is 6.25. The van der Waals surface area contributed by atoms with Gasteiger partial charge in [-0.1, -0.05) is 22.0 Å². The Morgan fingerprint density at radius 1 is 1.47 bits per heavy atom. The van der Waals surface area contributed by atoms with Gasteiger partial charge in [-0.25, -0.2) is 4.39 Å². The van der Waals surface area contributed by atoms with E-state index in [0.29, 0.717) is 0 Å². The lowest BCUT2D eigenvalue weighted by Gasteiger charge is -2.15. The minimum atomic E-state index is -0.234. The van der Waals surface area contributed by atoms with Crippen LogP contribution in [-0.4, -0.2) is 21.3 Å². The van der Waals surface area contributed by atoms with Crippen LogP contribution >= 0.6 is 15.9 Å². The van der Waals surface area contributed by atoms with E-state index in [0.717, 1.165) is 28.8 Å². The van der Waals surface area contributed by atoms with Gasteiger partial charge in [0.2, 0.25) is 0 Å². The summed E-state index contributed by atoms with van der Waals surface area (Å²) in [5.41, 5.74) is 1.04. The summed E-state index contributed by atoms with van der Waals surface area (Å²) < 4.78 is 15.7. The average molecular weight is 327 g/mol. The Labute approximate surface area is 120 Å². The molecule has 0 aliphatic rings. The van der Waals surface area contributed by atoms with E-state index in [-0.39, 0.29) is 11.9 Å². The van der Waals surface area contributed by atoms with Crippen molar-refractivity contribution in [3.8, 4) is 0 Å². The summed E-state index contributed by atoms with van der Waals surface area (Å²) in [5, 5.41) is 11.3. The van der Waals surface area contributed by atoms with Gasteiger partial charge in [0, 0.05) is 30.5 Å². The molecule has 2 rings (SSSR count). The van der Waals surface area contributed by atoms with Crippen LogP contribution in [0.25, 0.3) is 0 Å². The summed E-state index contributed by atoms with van der Waals surface area (Å²) in [6.07, 6.45) is 2.50. The highest BCUT2D eigenvalue weighted by Crippen LogP contribution is 2.23. The van der Waals surface area contributed by atoms with Gasteiger partial charge >= 0.3 is 0 Å². The fraction of sp³-hybridized carbons (Fsp3) is 0.385. The molecule has 1 unspecified atom stereocenters. The van der Waals surface area contributed by atoms with Gasteiger partial charge in [0.05, 0.1) is 0 Å².